The van der Waals surface area contributed by atoms with Gasteiger partial charge < -0.3 is 10.1 Å². The summed E-state index contributed by atoms with van der Waals surface area (Å²) in [5, 5.41) is 3.80. The second-order valence-electron chi connectivity index (χ2n) is 4.37. The summed E-state index contributed by atoms with van der Waals surface area (Å²) in [5.41, 5.74) is 1.08. The highest BCUT2D eigenvalue weighted by molar-refractivity contribution is 9.10. The summed E-state index contributed by atoms with van der Waals surface area (Å²) >= 11 is 13.1. The van der Waals surface area contributed by atoms with E-state index >= 15 is 0 Å². The van der Waals surface area contributed by atoms with Crippen molar-refractivity contribution in [2.75, 3.05) is 7.05 Å². The molecule has 0 saturated carbocycles. The summed E-state index contributed by atoms with van der Waals surface area (Å²) < 4.78 is 7.88. The molecule has 0 amide bonds. The summed E-state index contributed by atoms with van der Waals surface area (Å²) in [6.45, 7) is 2.08. The van der Waals surface area contributed by atoms with Gasteiger partial charge in [-0.1, -0.05) is 49.5 Å². The van der Waals surface area contributed by atoms with Gasteiger partial charge in [-0.05, 0) is 44.3 Å². The third-order valence-electron chi connectivity index (χ3n) is 2.99. The monoisotopic (exact) mass is 417 g/mol. The van der Waals surface area contributed by atoms with Gasteiger partial charge in [-0.15, -0.1) is 0 Å². The van der Waals surface area contributed by atoms with Crippen LogP contribution in [0.1, 0.15) is 18.5 Å². The summed E-state index contributed by atoms with van der Waals surface area (Å²) in [6.07, 6.45) is 0. The molecule has 2 nitrogen and oxygen atoms in total. The Morgan fingerprint density at radius 1 is 1.05 bits per heavy atom. The molecule has 0 aromatic heterocycles. The number of hydrogen-bond acceptors (Lipinski definition) is 2. The Labute approximate surface area is 140 Å². The van der Waals surface area contributed by atoms with E-state index in [1.54, 1.807) is 6.07 Å². The number of hydrogen-bond donors (Lipinski definition) is 1. The fourth-order valence-electron chi connectivity index (χ4n) is 1.78. The highest BCUT2D eigenvalue weighted by Crippen LogP contribution is 2.36. The minimum absolute atomic E-state index is 0.184. The van der Waals surface area contributed by atoms with Crippen molar-refractivity contribution in [3.8, 4) is 11.5 Å². The van der Waals surface area contributed by atoms with Crippen LogP contribution in [0.3, 0.4) is 0 Å². The molecule has 0 aliphatic heterocycles. The van der Waals surface area contributed by atoms with Crippen LogP contribution in [0.5, 0.6) is 11.5 Å². The Kier molecular flexibility index (Phi) is 5.49. The smallest absolute Gasteiger partial charge is 0.147 e. The standard InChI is InChI=1S/C15H14Br2ClNO/c1-9(19-2)12-5-3-10(16)7-14(12)20-15-8-11(17)4-6-13(15)18/h3-9,19H,1-2H3. The van der Waals surface area contributed by atoms with Crippen LogP contribution in [0.4, 0.5) is 0 Å². The molecule has 2 rings (SSSR count). The summed E-state index contributed by atoms with van der Waals surface area (Å²) in [4.78, 5) is 0. The summed E-state index contributed by atoms with van der Waals surface area (Å²) in [7, 11) is 1.92. The van der Waals surface area contributed by atoms with E-state index in [0.717, 1.165) is 20.3 Å². The quantitative estimate of drug-likeness (QED) is 0.662. The lowest BCUT2D eigenvalue weighted by Crippen LogP contribution is -2.13. The predicted molar refractivity (Wildman–Crippen MR) is 90.8 cm³/mol. The molecule has 1 atom stereocenters. The van der Waals surface area contributed by atoms with Crippen molar-refractivity contribution in [3.63, 3.8) is 0 Å². The first-order valence-corrected chi connectivity index (χ1v) is 8.07. The third kappa shape index (κ3) is 3.76. The Morgan fingerprint density at radius 2 is 1.65 bits per heavy atom. The van der Waals surface area contributed by atoms with Gasteiger partial charge in [0.2, 0.25) is 0 Å². The fraction of sp³-hybridized carbons (Fsp3) is 0.200. The molecule has 1 N–H and O–H groups in total. The van der Waals surface area contributed by atoms with Crippen LogP contribution in [0.25, 0.3) is 0 Å². The molecule has 5 heteroatoms. The highest BCUT2D eigenvalue weighted by atomic mass is 79.9. The summed E-state index contributed by atoms with van der Waals surface area (Å²) in [6, 6.07) is 11.7. The van der Waals surface area contributed by atoms with Crippen molar-refractivity contribution < 1.29 is 4.74 Å². The highest BCUT2D eigenvalue weighted by Gasteiger charge is 2.13. The molecule has 0 aliphatic carbocycles. The molecule has 0 saturated heterocycles. The molecular formula is C15H14Br2ClNO. The van der Waals surface area contributed by atoms with Crippen LogP contribution in [0.2, 0.25) is 5.02 Å². The van der Waals surface area contributed by atoms with Gasteiger partial charge in [0.05, 0.1) is 5.02 Å². The molecule has 2 aromatic rings. The van der Waals surface area contributed by atoms with E-state index < -0.39 is 0 Å². The summed E-state index contributed by atoms with van der Waals surface area (Å²) in [5.74, 6) is 1.41. The second-order valence-corrected chi connectivity index (χ2v) is 6.61. The first-order valence-electron chi connectivity index (χ1n) is 6.11. The number of ether oxygens (including phenoxy) is 1. The second kappa shape index (κ2) is 6.94. The van der Waals surface area contributed by atoms with Crippen LogP contribution in [0, 0.1) is 0 Å². The molecule has 0 radical (unpaired) electrons. The van der Waals surface area contributed by atoms with E-state index in [1.165, 1.54) is 0 Å². The van der Waals surface area contributed by atoms with E-state index in [1.807, 2.05) is 37.4 Å². The van der Waals surface area contributed by atoms with E-state index in [2.05, 4.69) is 44.1 Å². The third-order valence-corrected chi connectivity index (χ3v) is 4.29. The zero-order valence-corrected chi connectivity index (χ0v) is 15.0. The largest absolute Gasteiger partial charge is 0.455 e. The van der Waals surface area contributed by atoms with Gasteiger partial charge in [0.25, 0.3) is 0 Å². The average Bonchev–Trinajstić information content (AvgIpc) is 2.42. The van der Waals surface area contributed by atoms with E-state index in [0.29, 0.717) is 10.8 Å². The zero-order chi connectivity index (χ0) is 14.7. The molecule has 2 aromatic carbocycles. The van der Waals surface area contributed by atoms with E-state index in [4.69, 9.17) is 16.3 Å². The lowest BCUT2D eigenvalue weighted by atomic mass is 10.1. The SMILES string of the molecule is CNC(C)c1ccc(Br)cc1Oc1cc(Br)ccc1Cl. The van der Waals surface area contributed by atoms with Crippen molar-refractivity contribution in [2.24, 2.45) is 0 Å². The number of nitrogens with one attached hydrogen (secondary N) is 1. The number of halogens is 3. The molecule has 0 fully saturated rings. The van der Waals surface area contributed by atoms with Crippen molar-refractivity contribution in [2.45, 2.75) is 13.0 Å². The minimum atomic E-state index is 0.184. The predicted octanol–water partition coefficient (Wildman–Crippen LogP) is 5.94. The van der Waals surface area contributed by atoms with Crippen molar-refractivity contribution in [1.29, 1.82) is 0 Å². The van der Waals surface area contributed by atoms with Gasteiger partial charge in [-0.3, -0.25) is 0 Å². The molecule has 106 valence electrons. The van der Waals surface area contributed by atoms with Gasteiger partial charge in [-0.2, -0.15) is 0 Å². The van der Waals surface area contributed by atoms with Gasteiger partial charge >= 0.3 is 0 Å². The molecule has 20 heavy (non-hydrogen) atoms. The fourth-order valence-corrected chi connectivity index (χ4v) is 2.62. The Bertz CT molecular complexity index is 619. The lowest BCUT2D eigenvalue weighted by Gasteiger charge is -2.17. The van der Waals surface area contributed by atoms with Gasteiger partial charge in [0.15, 0.2) is 0 Å². The van der Waals surface area contributed by atoms with Gasteiger partial charge in [-0.25, -0.2) is 0 Å². The van der Waals surface area contributed by atoms with Crippen LogP contribution in [-0.4, -0.2) is 7.05 Å². The van der Waals surface area contributed by atoms with Crippen LogP contribution >= 0.6 is 43.5 Å². The molecule has 0 bridgehead atoms. The molecule has 0 aliphatic rings. The Morgan fingerprint density at radius 3 is 2.30 bits per heavy atom. The maximum absolute atomic E-state index is 6.18. The first kappa shape index (κ1) is 15.8. The molecule has 0 spiro atoms. The van der Waals surface area contributed by atoms with Crippen LogP contribution < -0.4 is 10.1 Å². The van der Waals surface area contributed by atoms with Crippen molar-refractivity contribution in [3.05, 3.63) is 55.9 Å². The minimum Gasteiger partial charge on any atom is -0.455 e. The Balaban J connectivity index is 2.41. The average molecular weight is 420 g/mol. The van der Waals surface area contributed by atoms with Crippen molar-refractivity contribution >= 4 is 43.5 Å². The van der Waals surface area contributed by atoms with Crippen molar-refractivity contribution in [1.82, 2.24) is 5.32 Å². The first-order chi connectivity index (χ1) is 9.51. The van der Waals surface area contributed by atoms with Crippen LogP contribution in [-0.2, 0) is 0 Å². The van der Waals surface area contributed by atoms with Gasteiger partial charge in [0, 0.05) is 20.6 Å². The maximum Gasteiger partial charge on any atom is 0.147 e. The van der Waals surface area contributed by atoms with E-state index in [9.17, 15) is 0 Å². The Hall–Kier alpha value is -0.550. The molecular weight excluding hydrogens is 405 g/mol. The molecule has 1 unspecified atom stereocenters. The normalized spacial score (nSPS) is 12.2. The number of rotatable bonds is 4. The maximum atomic E-state index is 6.18. The topological polar surface area (TPSA) is 21.3 Å². The number of benzene rings is 2. The zero-order valence-electron chi connectivity index (χ0n) is 11.1. The van der Waals surface area contributed by atoms with E-state index in [-0.39, 0.29) is 6.04 Å². The lowest BCUT2D eigenvalue weighted by molar-refractivity contribution is 0.466. The van der Waals surface area contributed by atoms with Crippen LogP contribution in [0.15, 0.2) is 45.3 Å². The molecule has 0 heterocycles. The van der Waals surface area contributed by atoms with Gasteiger partial charge in [0.1, 0.15) is 11.5 Å².